The molecule has 1 heterocycles. The highest BCUT2D eigenvalue weighted by Gasteiger charge is 2.13. The molecule has 0 aromatic heterocycles. The van der Waals surface area contributed by atoms with E-state index < -0.39 is 0 Å². The number of hydrogen-bond donors (Lipinski definition) is 1. The quantitative estimate of drug-likeness (QED) is 0.791. The monoisotopic (exact) mass is 249 g/mol. The summed E-state index contributed by atoms with van der Waals surface area (Å²) < 4.78 is 10.7. The maximum atomic E-state index is 5.37. The van der Waals surface area contributed by atoms with Crippen LogP contribution in [0.2, 0.25) is 0 Å². The van der Waals surface area contributed by atoms with Gasteiger partial charge in [-0.3, -0.25) is 0 Å². The van der Waals surface area contributed by atoms with Crippen LogP contribution in [0.3, 0.4) is 0 Å². The van der Waals surface area contributed by atoms with E-state index in [2.05, 4.69) is 25.2 Å². The Morgan fingerprint density at radius 2 is 2.06 bits per heavy atom. The zero-order valence-electron chi connectivity index (χ0n) is 11.4. The summed E-state index contributed by atoms with van der Waals surface area (Å²) in [6.07, 6.45) is 5.14. The van der Waals surface area contributed by atoms with Gasteiger partial charge in [-0.15, -0.1) is 0 Å². The molecule has 0 radical (unpaired) electrons. The number of rotatable bonds is 7. The van der Waals surface area contributed by atoms with Gasteiger partial charge in [0.2, 0.25) is 6.79 Å². The van der Waals surface area contributed by atoms with E-state index in [1.54, 1.807) is 0 Å². The molecule has 1 aliphatic heterocycles. The van der Waals surface area contributed by atoms with Crippen LogP contribution in [0.25, 0.3) is 0 Å². The van der Waals surface area contributed by atoms with E-state index in [-0.39, 0.29) is 0 Å². The van der Waals surface area contributed by atoms with Crippen molar-refractivity contribution < 1.29 is 9.47 Å². The van der Waals surface area contributed by atoms with Gasteiger partial charge in [0, 0.05) is 18.3 Å². The van der Waals surface area contributed by atoms with Crippen molar-refractivity contribution >= 4 is 5.69 Å². The Kier molecular flexibility index (Phi) is 4.73. The van der Waals surface area contributed by atoms with E-state index in [1.807, 2.05) is 12.1 Å². The highest BCUT2D eigenvalue weighted by atomic mass is 16.7. The summed E-state index contributed by atoms with van der Waals surface area (Å²) in [5.74, 6) is 2.45. The molecule has 0 bridgehead atoms. The second kappa shape index (κ2) is 6.53. The zero-order chi connectivity index (χ0) is 12.8. The Morgan fingerprint density at radius 3 is 2.83 bits per heavy atom. The van der Waals surface area contributed by atoms with Gasteiger partial charge in [-0.1, -0.05) is 33.1 Å². The molecule has 0 fully saturated rings. The highest BCUT2D eigenvalue weighted by Crippen LogP contribution is 2.34. The number of fused-ring (bicyclic) bond motifs is 1. The van der Waals surface area contributed by atoms with Gasteiger partial charge in [-0.25, -0.2) is 0 Å². The topological polar surface area (TPSA) is 30.5 Å². The average Bonchev–Trinajstić information content (AvgIpc) is 2.86. The van der Waals surface area contributed by atoms with Crippen LogP contribution in [0.5, 0.6) is 11.5 Å². The molecule has 0 saturated heterocycles. The van der Waals surface area contributed by atoms with Crippen molar-refractivity contribution in [1.29, 1.82) is 0 Å². The lowest BCUT2D eigenvalue weighted by Gasteiger charge is -2.16. The van der Waals surface area contributed by atoms with Gasteiger partial charge in [0.05, 0.1) is 0 Å². The lowest BCUT2D eigenvalue weighted by molar-refractivity contribution is 0.174. The number of ether oxygens (including phenoxy) is 2. The molecule has 1 aromatic rings. The van der Waals surface area contributed by atoms with E-state index in [0.717, 1.165) is 29.6 Å². The molecule has 3 nitrogen and oxygen atoms in total. The number of unbranched alkanes of at least 4 members (excludes halogenated alkanes) is 1. The molecule has 3 heteroatoms. The second-order valence-electron chi connectivity index (χ2n) is 4.87. The summed E-state index contributed by atoms with van der Waals surface area (Å²) in [5.41, 5.74) is 1.12. The van der Waals surface area contributed by atoms with Gasteiger partial charge in [-0.05, 0) is 24.5 Å². The summed E-state index contributed by atoms with van der Waals surface area (Å²) in [6.45, 7) is 5.89. The molecule has 0 aliphatic carbocycles. The summed E-state index contributed by atoms with van der Waals surface area (Å²) in [4.78, 5) is 0. The molecule has 1 N–H and O–H groups in total. The van der Waals surface area contributed by atoms with Crippen molar-refractivity contribution in [2.45, 2.75) is 39.5 Å². The van der Waals surface area contributed by atoms with Crippen molar-refractivity contribution in [1.82, 2.24) is 0 Å². The van der Waals surface area contributed by atoms with Crippen LogP contribution in [0.15, 0.2) is 18.2 Å². The molecule has 0 saturated carbocycles. The number of hydrogen-bond acceptors (Lipinski definition) is 3. The molecule has 0 spiro atoms. The van der Waals surface area contributed by atoms with Crippen molar-refractivity contribution in [3.05, 3.63) is 18.2 Å². The standard InChI is InChI=1S/C15H23NO2/c1-3-5-6-12(4-2)10-16-13-7-8-14-15(9-13)18-11-17-14/h7-9,12,16H,3-6,10-11H2,1-2H3. The maximum absolute atomic E-state index is 5.37. The van der Waals surface area contributed by atoms with E-state index in [0.29, 0.717) is 6.79 Å². The second-order valence-corrected chi connectivity index (χ2v) is 4.87. The van der Waals surface area contributed by atoms with Gasteiger partial charge in [0.15, 0.2) is 11.5 Å². The molecule has 18 heavy (non-hydrogen) atoms. The smallest absolute Gasteiger partial charge is 0.231 e. The number of anilines is 1. The fraction of sp³-hybridized carbons (Fsp3) is 0.600. The first-order valence-corrected chi connectivity index (χ1v) is 6.97. The predicted octanol–water partition coefficient (Wildman–Crippen LogP) is 4.04. The minimum atomic E-state index is 0.340. The van der Waals surface area contributed by atoms with Crippen LogP contribution in [-0.4, -0.2) is 13.3 Å². The Hall–Kier alpha value is -1.38. The van der Waals surface area contributed by atoms with Gasteiger partial charge >= 0.3 is 0 Å². The fourth-order valence-electron chi connectivity index (χ4n) is 2.21. The van der Waals surface area contributed by atoms with Gasteiger partial charge in [0.1, 0.15) is 0 Å². The van der Waals surface area contributed by atoms with Crippen molar-refractivity contribution in [3.63, 3.8) is 0 Å². The van der Waals surface area contributed by atoms with Crippen LogP contribution in [0.4, 0.5) is 5.69 Å². The van der Waals surface area contributed by atoms with Crippen LogP contribution in [0, 0.1) is 5.92 Å². The molecular weight excluding hydrogens is 226 g/mol. The Labute approximate surface area is 109 Å². The third kappa shape index (κ3) is 3.31. The Bertz CT molecular complexity index is 379. The first kappa shape index (κ1) is 13.1. The molecule has 1 atom stereocenters. The zero-order valence-corrected chi connectivity index (χ0v) is 11.4. The van der Waals surface area contributed by atoms with Crippen LogP contribution < -0.4 is 14.8 Å². The molecular formula is C15H23NO2. The van der Waals surface area contributed by atoms with E-state index in [9.17, 15) is 0 Å². The van der Waals surface area contributed by atoms with Gasteiger partial charge in [0.25, 0.3) is 0 Å². The lowest BCUT2D eigenvalue weighted by atomic mass is 9.99. The SMILES string of the molecule is CCCCC(CC)CNc1ccc2c(c1)OCO2. The largest absolute Gasteiger partial charge is 0.454 e. The first-order chi connectivity index (χ1) is 8.83. The van der Waals surface area contributed by atoms with E-state index in [1.165, 1.54) is 25.7 Å². The molecule has 100 valence electrons. The lowest BCUT2D eigenvalue weighted by Crippen LogP contribution is -2.13. The molecule has 0 amide bonds. The predicted molar refractivity (Wildman–Crippen MR) is 74.4 cm³/mol. The van der Waals surface area contributed by atoms with Crippen LogP contribution in [0.1, 0.15) is 39.5 Å². The Balaban J connectivity index is 1.85. The minimum absolute atomic E-state index is 0.340. The van der Waals surface area contributed by atoms with Crippen molar-refractivity contribution in [3.8, 4) is 11.5 Å². The average molecular weight is 249 g/mol. The summed E-state index contributed by atoms with van der Waals surface area (Å²) in [6, 6.07) is 6.05. The summed E-state index contributed by atoms with van der Waals surface area (Å²) in [7, 11) is 0. The highest BCUT2D eigenvalue weighted by molar-refractivity contribution is 5.55. The van der Waals surface area contributed by atoms with Crippen LogP contribution in [-0.2, 0) is 0 Å². The van der Waals surface area contributed by atoms with Crippen LogP contribution >= 0.6 is 0 Å². The maximum Gasteiger partial charge on any atom is 0.231 e. The summed E-state index contributed by atoms with van der Waals surface area (Å²) in [5, 5.41) is 3.50. The first-order valence-electron chi connectivity index (χ1n) is 6.97. The third-order valence-electron chi connectivity index (χ3n) is 3.51. The van der Waals surface area contributed by atoms with Gasteiger partial charge in [-0.2, -0.15) is 0 Å². The number of nitrogens with one attached hydrogen (secondary N) is 1. The third-order valence-corrected chi connectivity index (χ3v) is 3.51. The minimum Gasteiger partial charge on any atom is -0.454 e. The van der Waals surface area contributed by atoms with E-state index >= 15 is 0 Å². The Morgan fingerprint density at radius 1 is 1.22 bits per heavy atom. The molecule has 1 unspecified atom stereocenters. The normalized spacial score (nSPS) is 14.6. The molecule has 2 rings (SSSR count). The van der Waals surface area contributed by atoms with E-state index in [4.69, 9.17) is 9.47 Å². The number of benzene rings is 1. The summed E-state index contributed by atoms with van der Waals surface area (Å²) >= 11 is 0. The molecule has 1 aliphatic rings. The van der Waals surface area contributed by atoms with Crippen molar-refractivity contribution in [2.24, 2.45) is 5.92 Å². The van der Waals surface area contributed by atoms with Gasteiger partial charge < -0.3 is 14.8 Å². The fourth-order valence-corrected chi connectivity index (χ4v) is 2.21. The molecule has 1 aromatic carbocycles. The van der Waals surface area contributed by atoms with Crippen molar-refractivity contribution in [2.75, 3.05) is 18.7 Å².